The minimum absolute atomic E-state index is 0.739. The minimum Gasteiger partial charge on any atom is -0.394 e. The predicted molar refractivity (Wildman–Crippen MR) is 47.4 cm³/mol. The van der Waals surface area contributed by atoms with Crippen molar-refractivity contribution in [1.82, 2.24) is 0 Å². The molecule has 0 unspecified atom stereocenters. The van der Waals surface area contributed by atoms with Gasteiger partial charge in [0.05, 0.1) is 12.2 Å². The fraction of sp³-hybridized carbons (Fsp3) is 1.00. The Bertz CT molecular complexity index is 166. The molecule has 0 amide bonds. The molecular weight excluding hydrogens is 192 g/mol. The van der Waals surface area contributed by atoms with E-state index in [1.807, 2.05) is 0 Å². The third kappa shape index (κ3) is 3.49. The molecule has 0 fully saturated rings. The lowest BCUT2D eigenvalue weighted by Gasteiger charge is -2.32. The minimum atomic E-state index is -1.72. The highest BCUT2D eigenvalue weighted by Crippen LogP contribution is 2.15. The van der Waals surface area contributed by atoms with Crippen LogP contribution in [0.15, 0.2) is 0 Å². The highest BCUT2D eigenvalue weighted by molar-refractivity contribution is 4.88. The zero-order valence-electron chi connectivity index (χ0n) is 8.20. The lowest BCUT2D eigenvalue weighted by atomic mass is 9.92. The van der Waals surface area contributed by atoms with E-state index in [0.29, 0.717) is 0 Å². The van der Waals surface area contributed by atoms with Gasteiger partial charge in [-0.05, 0) is 13.8 Å². The van der Waals surface area contributed by atoms with Gasteiger partial charge in [0.1, 0.15) is 24.4 Å². The van der Waals surface area contributed by atoms with Crippen LogP contribution in [0.25, 0.3) is 0 Å². The van der Waals surface area contributed by atoms with Crippen molar-refractivity contribution in [3.8, 4) is 0 Å². The summed E-state index contributed by atoms with van der Waals surface area (Å²) in [6.07, 6.45) is -6.60. The topological polar surface area (TPSA) is 121 Å². The lowest BCUT2D eigenvalue weighted by molar-refractivity contribution is -0.162. The molecule has 0 radical (unpaired) electrons. The highest BCUT2D eigenvalue weighted by atomic mass is 16.4. The molecule has 0 saturated carbocycles. The Morgan fingerprint density at radius 2 is 1.43 bits per heavy atom. The molecule has 0 aromatic carbocycles. The lowest BCUT2D eigenvalue weighted by Crippen LogP contribution is -2.53. The molecule has 0 spiro atoms. The van der Waals surface area contributed by atoms with E-state index in [9.17, 15) is 20.4 Å². The van der Waals surface area contributed by atoms with Gasteiger partial charge in [-0.2, -0.15) is 0 Å². The van der Waals surface area contributed by atoms with Crippen molar-refractivity contribution in [3.63, 3.8) is 0 Å². The van der Waals surface area contributed by atoms with Gasteiger partial charge in [-0.1, -0.05) is 0 Å². The van der Waals surface area contributed by atoms with Crippen molar-refractivity contribution in [3.05, 3.63) is 0 Å². The predicted octanol–water partition coefficient (Wildman–Crippen LogP) is -2.81. The van der Waals surface area contributed by atoms with E-state index >= 15 is 0 Å². The van der Waals surface area contributed by atoms with Crippen LogP contribution in [-0.2, 0) is 0 Å². The summed E-state index contributed by atoms with van der Waals surface area (Å²) in [7, 11) is 0. The van der Waals surface area contributed by atoms with Gasteiger partial charge in [0.15, 0.2) is 0 Å². The summed E-state index contributed by atoms with van der Waals surface area (Å²) in [5.74, 6) is 0. The van der Waals surface area contributed by atoms with E-state index in [4.69, 9.17) is 10.2 Å². The third-order valence-corrected chi connectivity index (χ3v) is 1.98. The summed E-state index contributed by atoms with van der Waals surface area (Å²) in [4.78, 5) is 0. The van der Waals surface area contributed by atoms with Crippen molar-refractivity contribution in [2.24, 2.45) is 0 Å². The van der Waals surface area contributed by atoms with Crippen LogP contribution in [-0.4, -0.2) is 67.3 Å². The molecule has 6 N–H and O–H groups in total. The summed E-state index contributed by atoms with van der Waals surface area (Å²) in [6, 6.07) is 0. The molecule has 0 heterocycles. The van der Waals surface area contributed by atoms with Crippen molar-refractivity contribution >= 4 is 0 Å². The Balaban J connectivity index is 4.38. The molecule has 0 rings (SSSR count). The first kappa shape index (κ1) is 13.8. The van der Waals surface area contributed by atoms with Crippen molar-refractivity contribution in [2.75, 3.05) is 6.61 Å². The van der Waals surface area contributed by atoms with E-state index in [0.717, 1.165) is 0 Å². The molecule has 0 aliphatic carbocycles. The first-order valence-electron chi connectivity index (χ1n) is 4.27. The molecule has 0 aromatic rings. The molecular formula is C8H18O6. The Labute approximate surface area is 82.1 Å². The van der Waals surface area contributed by atoms with E-state index in [1.54, 1.807) is 0 Å². The second-order valence-corrected chi connectivity index (χ2v) is 3.83. The molecule has 0 aliphatic rings. The van der Waals surface area contributed by atoms with Crippen LogP contribution in [0.4, 0.5) is 0 Å². The van der Waals surface area contributed by atoms with Gasteiger partial charge in [-0.3, -0.25) is 0 Å². The molecule has 0 aromatic heterocycles. The second kappa shape index (κ2) is 5.01. The van der Waals surface area contributed by atoms with Gasteiger partial charge in [0, 0.05) is 0 Å². The Morgan fingerprint density at radius 1 is 1.00 bits per heavy atom. The van der Waals surface area contributed by atoms with Crippen molar-refractivity contribution in [2.45, 2.75) is 43.9 Å². The summed E-state index contributed by atoms with van der Waals surface area (Å²) >= 11 is 0. The van der Waals surface area contributed by atoms with Crippen LogP contribution < -0.4 is 0 Å². The van der Waals surface area contributed by atoms with E-state index in [-0.39, 0.29) is 0 Å². The first-order valence-corrected chi connectivity index (χ1v) is 4.27. The smallest absolute Gasteiger partial charge is 0.111 e. The van der Waals surface area contributed by atoms with Crippen molar-refractivity contribution in [1.29, 1.82) is 0 Å². The molecule has 6 nitrogen and oxygen atoms in total. The van der Waals surface area contributed by atoms with Gasteiger partial charge < -0.3 is 30.6 Å². The maximum atomic E-state index is 9.32. The third-order valence-electron chi connectivity index (χ3n) is 1.98. The zero-order valence-corrected chi connectivity index (χ0v) is 8.20. The molecule has 14 heavy (non-hydrogen) atoms. The summed E-state index contributed by atoms with van der Waals surface area (Å²) in [5.41, 5.74) is -1.60. The first-order chi connectivity index (χ1) is 6.21. The Kier molecular flexibility index (Phi) is 4.93. The number of rotatable bonds is 5. The van der Waals surface area contributed by atoms with Crippen LogP contribution in [0, 0.1) is 0 Å². The van der Waals surface area contributed by atoms with Crippen LogP contribution in [0.2, 0.25) is 0 Å². The molecule has 86 valence electrons. The summed E-state index contributed by atoms with van der Waals surface area (Å²) in [5, 5.41) is 54.5. The normalized spacial score (nSPS) is 21.4. The maximum Gasteiger partial charge on any atom is 0.111 e. The van der Waals surface area contributed by atoms with Crippen molar-refractivity contribution < 1.29 is 30.6 Å². The molecule has 6 heteroatoms. The average Bonchev–Trinajstić information content (AvgIpc) is 2.11. The van der Waals surface area contributed by atoms with Crippen LogP contribution >= 0.6 is 0 Å². The zero-order chi connectivity index (χ0) is 11.5. The monoisotopic (exact) mass is 210 g/mol. The highest BCUT2D eigenvalue weighted by Gasteiger charge is 2.37. The van der Waals surface area contributed by atoms with Gasteiger partial charge >= 0.3 is 0 Å². The van der Waals surface area contributed by atoms with E-state index < -0.39 is 36.6 Å². The fourth-order valence-corrected chi connectivity index (χ4v) is 0.940. The van der Waals surface area contributed by atoms with Gasteiger partial charge in [0.2, 0.25) is 0 Å². The molecule has 0 bridgehead atoms. The standard InChI is InChI=1S/C8H18O6/c1-8(2,14)7(13)6(12)5(11)4(10)3-9/h4-7,9-14H,3H2,1-2H3/t4-,5+,6+,7+/m0/s1. The van der Waals surface area contributed by atoms with Gasteiger partial charge in [-0.15, -0.1) is 0 Å². The number of hydrogen-bond acceptors (Lipinski definition) is 6. The fourth-order valence-electron chi connectivity index (χ4n) is 0.940. The van der Waals surface area contributed by atoms with Crippen LogP contribution in [0.1, 0.15) is 13.8 Å². The largest absolute Gasteiger partial charge is 0.394 e. The average molecular weight is 210 g/mol. The summed E-state index contributed by atoms with van der Waals surface area (Å²) < 4.78 is 0. The summed E-state index contributed by atoms with van der Waals surface area (Å²) in [6.45, 7) is 1.76. The molecule has 4 atom stereocenters. The Hall–Kier alpha value is -0.240. The second-order valence-electron chi connectivity index (χ2n) is 3.83. The molecule has 0 saturated heterocycles. The van der Waals surface area contributed by atoms with Crippen LogP contribution in [0.3, 0.4) is 0 Å². The van der Waals surface area contributed by atoms with Crippen LogP contribution in [0.5, 0.6) is 0 Å². The SMILES string of the molecule is CC(C)(O)[C@H](O)[C@H](O)[C@H](O)[C@@H](O)CO. The molecule has 0 aliphatic heterocycles. The van der Waals surface area contributed by atoms with Gasteiger partial charge in [-0.25, -0.2) is 0 Å². The Morgan fingerprint density at radius 3 is 1.71 bits per heavy atom. The number of aliphatic hydroxyl groups is 6. The maximum absolute atomic E-state index is 9.32. The van der Waals surface area contributed by atoms with E-state index in [2.05, 4.69) is 0 Å². The van der Waals surface area contributed by atoms with Gasteiger partial charge in [0.25, 0.3) is 0 Å². The number of aliphatic hydroxyl groups excluding tert-OH is 5. The quantitative estimate of drug-likeness (QED) is 0.291. The number of hydrogen-bond donors (Lipinski definition) is 6. The van der Waals surface area contributed by atoms with E-state index in [1.165, 1.54) is 13.8 Å².